The Morgan fingerprint density at radius 2 is 1.78 bits per heavy atom. The summed E-state index contributed by atoms with van der Waals surface area (Å²) in [5.41, 5.74) is -0.0322. The first kappa shape index (κ1) is 25.2. The molecule has 32 heavy (non-hydrogen) atoms. The molecule has 0 aliphatic heterocycles. The van der Waals surface area contributed by atoms with Gasteiger partial charge in [-0.15, -0.1) is 0 Å². The lowest BCUT2D eigenvalue weighted by Crippen LogP contribution is -2.46. The highest BCUT2D eigenvalue weighted by Gasteiger charge is 2.31. The average Bonchev–Trinajstić information content (AvgIpc) is 2.70. The molecule has 2 N–H and O–H groups in total. The topological polar surface area (TPSA) is 84.5 Å². The minimum atomic E-state index is -4.61. The van der Waals surface area contributed by atoms with Gasteiger partial charge in [-0.05, 0) is 43.2 Å². The molecule has 0 bridgehead atoms. The highest BCUT2D eigenvalue weighted by atomic mass is 35.5. The molecule has 0 spiro atoms. The maximum absolute atomic E-state index is 12.8. The zero-order valence-corrected chi connectivity index (χ0v) is 18.3. The fourth-order valence-corrected chi connectivity index (χ4v) is 2.88. The molecule has 2 amide bonds. The minimum Gasteiger partial charge on any atom is -0.454 e. The normalized spacial score (nSPS) is 12.2. The van der Waals surface area contributed by atoms with Crippen molar-refractivity contribution in [1.82, 2.24) is 5.32 Å². The average molecular weight is 471 g/mol. The third-order valence-electron chi connectivity index (χ3n) is 4.40. The van der Waals surface area contributed by atoms with Crippen LogP contribution in [0.15, 0.2) is 42.5 Å². The highest BCUT2D eigenvalue weighted by Crippen LogP contribution is 2.33. The Balaban J connectivity index is 2.00. The number of hydrogen-bond acceptors (Lipinski definition) is 4. The lowest BCUT2D eigenvalue weighted by Gasteiger charge is -2.21. The van der Waals surface area contributed by atoms with E-state index in [0.29, 0.717) is 11.6 Å². The molecular formula is C22H22ClF3N2O4. The third-order valence-corrected chi connectivity index (χ3v) is 4.73. The van der Waals surface area contributed by atoms with E-state index in [1.807, 2.05) is 13.0 Å². The van der Waals surface area contributed by atoms with Crippen LogP contribution in [0.1, 0.15) is 35.3 Å². The molecule has 2 aromatic rings. The van der Waals surface area contributed by atoms with Gasteiger partial charge >= 0.3 is 12.1 Å². The van der Waals surface area contributed by atoms with E-state index >= 15 is 0 Å². The zero-order chi connectivity index (χ0) is 24.1. The summed E-state index contributed by atoms with van der Waals surface area (Å²) in [5, 5.41) is 4.65. The van der Waals surface area contributed by atoms with Crippen molar-refractivity contribution >= 4 is 35.1 Å². The Kier molecular flexibility index (Phi) is 8.26. The molecule has 1 atom stereocenters. The molecule has 0 aliphatic carbocycles. The van der Waals surface area contributed by atoms with E-state index in [2.05, 4.69) is 10.6 Å². The summed E-state index contributed by atoms with van der Waals surface area (Å²) in [6, 6.07) is 8.20. The zero-order valence-electron chi connectivity index (χ0n) is 17.5. The second kappa shape index (κ2) is 10.5. The number of alkyl halides is 3. The van der Waals surface area contributed by atoms with E-state index in [0.717, 1.165) is 17.7 Å². The first-order chi connectivity index (χ1) is 14.9. The van der Waals surface area contributed by atoms with Gasteiger partial charge in [-0.3, -0.25) is 9.59 Å². The van der Waals surface area contributed by atoms with Crippen LogP contribution in [0.2, 0.25) is 5.02 Å². The number of benzene rings is 2. The summed E-state index contributed by atoms with van der Waals surface area (Å²) in [7, 11) is 0. The number of ether oxygens (including phenoxy) is 1. The second-order valence-electron chi connectivity index (χ2n) is 7.41. The van der Waals surface area contributed by atoms with E-state index in [-0.39, 0.29) is 16.6 Å². The van der Waals surface area contributed by atoms with Crippen molar-refractivity contribution in [1.29, 1.82) is 0 Å². The van der Waals surface area contributed by atoms with Gasteiger partial charge in [0.1, 0.15) is 6.04 Å². The molecule has 2 rings (SSSR count). The van der Waals surface area contributed by atoms with Gasteiger partial charge in [-0.25, -0.2) is 4.79 Å². The van der Waals surface area contributed by atoms with Crippen molar-refractivity contribution in [2.45, 2.75) is 33.0 Å². The quantitative estimate of drug-likeness (QED) is 0.579. The monoisotopic (exact) mass is 470 g/mol. The third kappa shape index (κ3) is 6.98. The molecule has 2 aromatic carbocycles. The number of hydrogen-bond donors (Lipinski definition) is 2. The number of esters is 1. The van der Waals surface area contributed by atoms with Crippen LogP contribution in [0, 0.1) is 12.8 Å². The molecule has 0 saturated carbocycles. The Morgan fingerprint density at radius 1 is 1.09 bits per heavy atom. The Morgan fingerprint density at radius 3 is 2.38 bits per heavy atom. The van der Waals surface area contributed by atoms with Gasteiger partial charge in [-0.2, -0.15) is 13.2 Å². The Hall–Kier alpha value is -3.07. The maximum atomic E-state index is 12.8. The molecule has 172 valence electrons. The first-order valence-corrected chi connectivity index (χ1v) is 9.97. The van der Waals surface area contributed by atoms with Crippen LogP contribution >= 0.6 is 11.6 Å². The van der Waals surface area contributed by atoms with E-state index in [4.69, 9.17) is 16.3 Å². The molecule has 0 fully saturated rings. The number of carbonyl (C=O) groups excluding carboxylic acids is 3. The van der Waals surface area contributed by atoms with Gasteiger partial charge in [0, 0.05) is 5.56 Å². The van der Waals surface area contributed by atoms with Gasteiger partial charge in [0.25, 0.3) is 11.8 Å². The van der Waals surface area contributed by atoms with Crippen LogP contribution in [-0.2, 0) is 20.5 Å². The molecular weight excluding hydrogens is 449 g/mol. The van der Waals surface area contributed by atoms with Crippen LogP contribution in [-0.4, -0.2) is 30.4 Å². The predicted octanol–water partition coefficient (Wildman–Crippen LogP) is 4.60. The van der Waals surface area contributed by atoms with Crippen molar-refractivity contribution in [3.63, 3.8) is 0 Å². The number of halogens is 4. The van der Waals surface area contributed by atoms with Gasteiger partial charge in [0.2, 0.25) is 0 Å². The van der Waals surface area contributed by atoms with Crippen molar-refractivity contribution in [2.24, 2.45) is 5.92 Å². The predicted molar refractivity (Wildman–Crippen MR) is 113 cm³/mol. The summed E-state index contributed by atoms with van der Waals surface area (Å²) in [5.74, 6) is -2.57. The number of carbonyl (C=O) groups is 3. The van der Waals surface area contributed by atoms with E-state index in [1.54, 1.807) is 32.0 Å². The van der Waals surface area contributed by atoms with Gasteiger partial charge in [-0.1, -0.05) is 43.1 Å². The van der Waals surface area contributed by atoms with Crippen molar-refractivity contribution < 1.29 is 32.3 Å². The maximum Gasteiger partial charge on any atom is 0.416 e. The number of rotatable bonds is 7. The van der Waals surface area contributed by atoms with Crippen LogP contribution in [0.4, 0.5) is 18.9 Å². The van der Waals surface area contributed by atoms with Gasteiger partial charge < -0.3 is 15.4 Å². The molecule has 0 unspecified atom stereocenters. The summed E-state index contributed by atoms with van der Waals surface area (Å²) >= 11 is 5.83. The first-order valence-electron chi connectivity index (χ1n) is 9.59. The fourth-order valence-electron chi connectivity index (χ4n) is 2.72. The van der Waals surface area contributed by atoms with E-state index in [1.165, 1.54) is 0 Å². The summed E-state index contributed by atoms with van der Waals surface area (Å²) < 4.78 is 43.5. The van der Waals surface area contributed by atoms with Crippen molar-refractivity contribution in [3.8, 4) is 0 Å². The molecule has 0 radical (unpaired) electrons. The molecule has 0 aromatic heterocycles. The molecule has 0 aliphatic rings. The summed E-state index contributed by atoms with van der Waals surface area (Å²) in [6.45, 7) is 4.42. The van der Waals surface area contributed by atoms with Crippen molar-refractivity contribution in [2.75, 3.05) is 11.9 Å². The number of amides is 2. The second-order valence-corrected chi connectivity index (χ2v) is 7.82. The summed E-state index contributed by atoms with van der Waals surface area (Å²) in [4.78, 5) is 37.0. The van der Waals surface area contributed by atoms with E-state index < -0.39 is 42.2 Å². The SMILES string of the molecule is Cc1cccc(C(=O)N[C@H](C(=O)OCC(=O)Nc2cc(C(F)(F)F)ccc2Cl)C(C)C)c1. The highest BCUT2D eigenvalue weighted by molar-refractivity contribution is 6.33. The van der Waals surface area contributed by atoms with Gasteiger partial charge in [0.15, 0.2) is 6.61 Å². The standard InChI is InChI=1S/C22H22ClF3N2O4/c1-12(2)19(28-20(30)14-6-4-5-13(3)9-14)21(31)32-11-18(29)27-17-10-15(22(24,25)26)7-8-16(17)23/h4-10,12,19H,11H2,1-3H3,(H,27,29)(H,28,30)/t19-/m0/s1. The van der Waals surface area contributed by atoms with Crippen LogP contribution < -0.4 is 10.6 Å². The fraction of sp³-hybridized carbons (Fsp3) is 0.318. The minimum absolute atomic E-state index is 0.108. The molecule has 0 heterocycles. The van der Waals surface area contributed by atoms with Crippen LogP contribution in [0.25, 0.3) is 0 Å². The Bertz CT molecular complexity index is 1010. The molecule has 0 saturated heterocycles. The molecule has 10 heteroatoms. The lowest BCUT2D eigenvalue weighted by molar-refractivity contribution is -0.150. The lowest BCUT2D eigenvalue weighted by atomic mass is 10.0. The Labute approximate surface area is 188 Å². The number of anilines is 1. The van der Waals surface area contributed by atoms with Gasteiger partial charge in [0.05, 0.1) is 16.3 Å². The van der Waals surface area contributed by atoms with E-state index in [9.17, 15) is 27.6 Å². The van der Waals surface area contributed by atoms with Crippen molar-refractivity contribution in [3.05, 3.63) is 64.2 Å². The smallest absolute Gasteiger partial charge is 0.416 e. The number of aryl methyl sites for hydroxylation is 1. The number of nitrogens with one attached hydrogen (secondary N) is 2. The summed E-state index contributed by atoms with van der Waals surface area (Å²) in [6.07, 6.45) is -4.61. The van der Waals surface area contributed by atoms with Crippen LogP contribution in [0.5, 0.6) is 0 Å². The largest absolute Gasteiger partial charge is 0.454 e. The molecule has 6 nitrogen and oxygen atoms in total. The van der Waals surface area contributed by atoms with Crippen LogP contribution in [0.3, 0.4) is 0 Å².